The molecular weight excluding hydrogens is 546 g/mol. The number of phenolic OH excluding ortho intramolecular Hbond substituents is 1. The number of Topliss-reactive ketones (excluding diaryl/α,β-unsaturated/α-hetero) is 1. The largest absolute Gasteiger partial charge is 0.507 e. The Kier molecular flexibility index (Phi) is 6.96. The smallest absolute Gasteiger partial charge is 0.176 e. The molecule has 1 aliphatic carbocycles. The van der Waals surface area contributed by atoms with Crippen LogP contribution >= 0.6 is 0 Å². The Labute approximate surface area is 258 Å². The van der Waals surface area contributed by atoms with Crippen molar-refractivity contribution in [2.45, 2.75) is 64.9 Å². The number of rotatable bonds is 5. The number of phenols is 1. The molecule has 1 heterocycles. The minimum Gasteiger partial charge on any atom is -0.507 e. The standard InChI is InChI=1S/C39H37NO4/c1-22-28-18-26-12-11-23(20-41)15-27(26)19-29(28)36(42)34(22)32-14-13-25-9-8-10-33(35(25)40-32)44-21-24-16-30(38(2,3)4)37(43)31(17-24)39(5,6)7/h8-20,34,43H,1,21H2,2-7H3. The van der Waals surface area contributed by atoms with Crippen LogP contribution in [-0.4, -0.2) is 22.2 Å². The van der Waals surface area contributed by atoms with Crippen molar-refractivity contribution >= 4 is 39.3 Å². The Bertz CT molecular complexity index is 1970. The lowest BCUT2D eigenvalue weighted by molar-refractivity contribution is 0.0985. The maximum Gasteiger partial charge on any atom is 0.176 e. The highest BCUT2D eigenvalue weighted by Crippen LogP contribution is 2.44. The van der Waals surface area contributed by atoms with E-state index in [1.54, 1.807) is 12.1 Å². The van der Waals surface area contributed by atoms with Gasteiger partial charge in [-0.3, -0.25) is 9.59 Å². The van der Waals surface area contributed by atoms with Gasteiger partial charge in [-0.1, -0.05) is 78.5 Å². The van der Waals surface area contributed by atoms with Gasteiger partial charge in [0.05, 0.1) is 11.6 Å². The van der Waals surface area contributed by atoms with Crippen molar-refractivity contribution in [2.75, 3.05) is 0 Å². The Morgan fingerprint density at radius 2 is 1.50 bits per heavy atom. The molecule has 0 saturated heterocycles. The highest BCUT2D eigenvalue weighted by atomic mass is 16.5. The molecule has 222 valence electrons. The number of para-hydroxylation sites is 1. The summed E-state index contributed by atoms with van der Waals surface area (Å²) in [5.74, 6) is 0.297. The number of hydrogen-bond donors (Lipinski definition) is 1. The van der Waals surface area contributed by atoms with Crippen LogP contribution in [0.4, 0.5) is 0 Å². The maximum atomic E-state index is 13.8. The van der Waals surface area contributed by atoms with E-state index in [9.17, 15) is 14.7 Å². The number of aldehydes is 1. The van der Waals surface area contributed by atoms with Crippen LogP contribution in [-0.2, 0) is 17.4 Å². The topological polar surface area (TPSA) is 76.5 Å². The highest BCUT2D eigenvalue weighted by molar-refractivity contribution is 6.19. The molecule has 1 atom stereocenters. The Morgan fingerprint density at radius 3 is 2.16 bits per heavy atom. The fourth-order valence-corrected chi connectivity index (χ4v) is 6.14. The predicted molar refractivity (Wildman–Crippen MR) is 177 cm³/mol. The van der Waals surface area contributed by atoms with Crippen LogP contribution in [0.3, 0.4) is 0 Å². The molecule has 5 aromatic rings. The van der Waals surface area contributed by atoms with Gasteiger partial charge >= 0.3 is 0 Å². The summed E-state index contributed by atoms with van der Waals surface area (Å²) in [4.78, 5) is 30.1. The van der Waals surface area contributed by atoms with Crippen molar-refractivity contribution in [3.63, 3.8) is 0 Å². The first-order chi connectivity index (χ1) is 20.8. The van der Waals surface area contributed by atoms with Crippen LogP contribution in [0.5, 0.6) is 11.5 Å². The molecule has 6 rings (SSSR count). The second-order valence-corrected chi connectivity index (χ2v) is 13.8. The van der Waals surface area contributed by atoms with Crippen molar-refractivity contribution in [1.82, 2.24) is 4.98 Å². The molecule has 1 unspecified atom stereocenters. The first-order valence-electron chi connectivity index (χ1n) is 14.9. The van der Waals surface area contributed by atoms with Crippen LogP contribution in [0.15, 0.2) is 79.4 Å². The number of hydrogen-bond acceptors (Lipinski definition) is 5. The Morgan fingerprint density at radius 1 is 0.841 bits per heavy atom. The van der Waals surface area contributed by atoms with Crippen LogP contribution in [0, 0.1) is 0 Å². The summed E-state index contributed by atoms with van der Waals surface area (Å²) >= 11 is 0. The predicted octanol–water partition coefficient (Wildman–Crippen LogP) is 9.07. The molecule has 0 radical (unpaired) electrons. The molecule has 0 bridgehead atoms. The van der Waals surface area contributed by atoms with Crippen molar-refractivity contribution in [2.24, 2.45) is 0 Å². The maximum absolute atomic E-state index is 13.8. The number of fused-ring (bicyclic) bond motifs is 3. The van der Waals surface area contributed by atoms with E-state index >= 15 is 0 Å². The second-order valence-electron chi connectivity index (χ2n) is 13.8. The molecule has 0 fully saturated rings. The molecule has 0 aliphatic heterocycles. The zero-order valence-electron chi connectivity index (χ0n) is 26.1. The third-order valence-electron chi connectivity index (χ3n) is 8.54. The van der Waals surface area contributed by atoms with Crippen molar-refractivity contribution in [3.8, 4) is 11.5 Å². The number of carbonyl (C=O) groups excluding carboxylic acids is 2. The fraction of sp³-hybridized carbons (Fsp3) is 0.256. The number of ketones is 1. The number of benzene rings is 4. The summed E-state index contributed by atoms with van der Waals surface area (Å²) in [6.07, 6.45) is 0.809. The number of aromatic hydroxyl groups is 1. The minimum absolute atomic E-state index is 0.0535. The first-order valence-corrected chi connectivity index (χ1v) is 14.9. The van der Waals surface area contributed by atoms with Gasteiger partial charge in [0, 0.05) is 16.5 Å². The monoisotopic (exact) mass is 583 g/mol. The van der Waals surface area contributed by atoms with E-state index in [4.69, 9.17) is 9.72 Å². The van der Waals surface area contributed by atoms with Gasteiger partial charge in [0.15, 0.2) is 5.78 Å². The SMILES string of the molecule is C=C1c2cc3ccc(C=O)cc3cc2C(=O)C1c1ccc2cccc(OCc3cc(C(C)(C)C)c(O)c(C(C)(C)C)c3)c2n1. The number of ether oxygens (including phenoxy) is 1. The van der Waals surface area contributed by atoms with Crippen molar-refractivity contribution < 1.29 is 19.4 Å². The van der Waals surface area contributed by atoms with E-state index in [2.05, 4.69) is 48.1 Å². The molecule has 44 heavy (non-hydrogen) atoms. The minimum atomic E-state index is -0.606. The normalized spacial score (nSPS) is 15.2. The van der Waals surface area contributed by atoms with Gasteiger partial charge in [0.1, 0.15) is 29.9 Å². The van der Waals surface area contributed by atoms with Crippen molar-refractivity contribution in [1.29, 1.82) is 0 Å². The van der Waals surface area contributed by atoms with E-state index in [1.807, 2.05) is 60.7 Å². The molecule has 0 spiro atoms. The van der Waals surface area contributed by atoms with Gasteiger partial charge in [-0.25, -0.2) is 4.98 Å². The second kappa shape index (κ2) is 10.4. The van der Waals surface area contributed by atoms with E-state index in [0.29, 0.717) is 46.0 Å². The van der Waals surface area contributed by atoms with E-state index < -0.39 is 5.92 Å². The molecule has 5 heteroatoms. The molecule has 0 amide bonds. The van der Waals surface area contributed by atoms with Gasteiger partial charge in [0.25, 0.3) is 0 Å². The molecular formula is C39H37NO4. The number of carbonyl (C=O) groups is 2. The summed E-state index contributed by atoms with van der Waals surface area (Å²) in [7, 11) is 0. The summed E-state index contributed by atoms with van der Waals surface area (Å²) < 4.78 is 6.41. The lowest BCUT2D eigenvalue weighted by Crippen LogP contribution is -2.18. The zero-order chi connectivity index (χ0) is 31.6. The molecule has 1 N–H and O–H groups in total. The average Bonchev–Trinajstić information content (AvgIpc) is 3.21. The summed E-state index contributed by atoms with van der Waals surface area (Å²) in [6, 6.07) is 23.0. The highest BCUT2D eigenvalue weighted by Gasteiger charge is 2.36. The Hall–Kier alpha value is -4.77. The lowest BCUT2D eigenvalue weighted by Gasteiger charge is -2.28. The molecule has 4 aromatic carbocycles. The van der Waals surface area contributed by atoms with Gasteiger partial charge in [-0.2, -0.15) is 0 Å². The van der Waals surface area contributed by atoms with E-state index in [-0.39, 0.29) is 16.6 Å². The van der Waals surface area contributed by atoms with Crippen LogP contribution < -0.4 is 4.74 Å². The van der Waals surface area contributed by atoms with Gasteiger partial charge in [0.2, 0.25) is 0 Å². The molecule has 1 aliphatic rings. The summed E-state index contributed by atoms with van der Waals surface area (Å²) in [5.41, 5.74) is 6.23. The molecule has 5 nitrogen and oxygen atoms in total. The van der Waals surface area contributed by atoms with E-state index in [0.717, 1.165) is 44.7 Å². The third kappa shape index (κ3) is 5.06. The van der Waals surface area contributed by atoms with Gasteiger partial charge < -0.3 is 9.84 Å². The third-order valence-corrected chi connectivity index (χ3v) is 8.54. The summed E-state index contributed by atoms with van der Waals surface area (Å²) in [5, 5.41) is 13.8. The Balaban J connectivity index is 1.35. The first kappa shape index (κ1) is 29.3. The number of allylic oxidation sites excluding steroid dienone is 1. The summed E-state index contributed by atoms with van der Waals surface area (Å²) in [6.45, 7) is 17.2. The van der Waals surface area contributed by atoms with Crippen molar-refractivity contribution in [3.05, 3.63) is 118 Å². The van der Waals surface area contributed by atoms with Gasteiger partial charge in [-0.05, 0) is 91.9 Å². The van der Waals surface area contributed by atoms with E-state index in [1.165, 1.54) is 0 Å². The number of aromatic nitrogens is 1. The molecule has 0 saturated carbocycles. The average molecular weight is 584 g/mol. The quantitative estimate of drug-likeness (QED) is 0.209. The number of nitrogens with zero attached hydrogens (tertiary/aromatic N) is 1. The van der Waals surface area contributed by atoms with Crippen LogP contribution in [0.2, 0.25) is 0 Å². The molecule has 1 aromatic heterocycles. The zero-order valence-corrected chi connectivity index (χ0v) is 26.1. The van der Waals surface area contributed by atoms with Gasteiger partial charge in [-0.15, -0.1) is 0 Å². The van der Waals surface area contributed by atoms with Crippen LogP contribution in [0.1, 0.15) is 96.1 Å². The van der Waals surface area contributed by atoms with Crippen LogP contribution in [0.25, 0.3) is 27.2 Å². The fourth-order valence-electron chi connectivity index (χ4n) is 6.14. The number of pyridine rings is 1. The lowest BCUT2D eigenvalue weighted by atomic mass is 9.78.